The second kappa shape index (κ2) is 5.53. The van der Waals surface area contributed by atoms with Crippen molar-refractivity contribution in [1.29, 1.82) is 0 Å². The van der Waals surface area contributed by atoms with Crippen LogP contribution in [0.5, 0.6) is 0 Å². The summed E-state index contributed by atoms with van der Waals surface area (Å²) in [4.78, 5) is 12.3. The summed E-state index contributed by atoms with van der Waals surface area (Å²) in [5, 5.41) is 9.35. The molecule has 96 valence electrons. The van der Waals surface area contributed by atoms with Crippen LogP contribution in [0.25, 0.3) is 0 Å². The van der Waals surface area contributed by atoms with Gasteiger partial charge in [-0.05, 0) is 24.5 Å². The summed E-state index contributed by atoms with van der Waals surface area (Å²) in [7, 11) is 0. The number of anilines is 1. The minimum Gasteiger partial charge on any atom is -0.342 e. The van der Waals surface area contributed by atoms with E-state index < -0.39 is 0 Å². The molecule has 2 aromatic heterocycles. The number of hydrogen-bond acceptors (Lipinski definition) is 2. The predicted molar refractivity (Wildman–Crippen MR) is 70.1 cm³/mol. The van der Waals surface area contributed by atoms with E-state index in [9.17, 15) is 4.79 Å². The van der Waals surface area contributed by atoms with Gasteiger partial charge in [0.1, 0.15) is 6.04 Å². The van der Waals surface area contributed by atoms with Crippen molar-refractivity contribution in [2.45, 2.75) is 26.3 Å². The molecule has 0 unspecified atom stereocenters. The highest BCUT2D eigenvalue weighted by Gasteiger charge is 2.21. The average Bonchev–Trinajstić information content (AvgIpc) is 2.97. The van der Waals surface area contributed by atoms with Crippen LogP contribution in [0.1, 0.15) is 26.3 Å². The summed E-state index contributed by atoms with van der Waals surface area (Å²) in [6, 6.07) is 3.67. The summed E-state index contributed by atoms with van der Waals surface area (Å²) < 4.78 is 1.94. The van der Waals surface area contributed by atoms with Crippen LogP contribution in [0.4, 0.5) is 5.69 Å². The van der Waals surface area contributed by atoms with Crippen LogP contribution in [0.3, 0.4) is 0 Å². The summed E-state index contributed by atoms with van der Waals surface area (Å²) in [5.41, 5.74) is 0.695. The number of carbonyl (C=O) groups is 1. The first-order valence-corrected chi connectivity index (χ1v) is 6.09. The van der Waals surface area contributed by atoms with Crippen molar-refractivity contribution in [3.05, 3.63) is 36.9 Å². The molecule has 0 radical (unpaired) electrons. The molecule has 0 fully saturated rings. The standard InChI is InChI=1S/C13H18N4O/c1-10(2)7-12(17-5-3-4-6-17)13(18)16-11-8-14-15-9-11/h3-6,8-10,12H,7H2,1-2H3,(H,14,15)(H,16,18)/t12-/m1/s1. The zero-order valence-electron chi connectivity index (χ0n) is 10.6. The number of aromatic amines is 1. The van der Waals surface area contributed by atoms with Gasteiger partial charge in [0.25, 0.3) is 0 Å². The average molecular weight is 246 g/mol. The molecule has 0 saturated carbocycles. The molecule has 2 aromatic rings. The number of hydrogen-bond donors (Lipinski definition) is 2. The summed E-state index contributed by atoms with van der Waals surface area (Å²) in [5.74, 6) is 0.439. The van der Waals surface area contributed by atoms with Crippen molar-refractivity contribution in [1.82, 2.24) is 14.8 Å². The van der Waals surface area contributed by atoms with E-state index in [1.165, 1.54) is 0 Å². The van der Waals surface area contributed by atoms with Crippen molar-refractivity contribution in [2.75, 3.05) is 5.32 Å². The van der Waals surface area contributed by atoms with Gasteiger partial charge < -0.3 is 9.88 Å². The molecule has 1 amide bonds. The molecule has 2 N–H and O–H groups in total. The Bertz CT molecular complexity index is 473. The monoisotopic (exact) mass is 246 g/mol. The molecule has 5 heteroatoms. The van der Waals surface area contributed by atoms with Crippen molar-refractivity contribution >= 4 is 11.6 Å². The van der Waals surface area contributed by atoms with Gasteiger partial charge in [0, 0.05) is 18.6 Å². The van der Waals surface area contributed by atoms with E-state index in [2.05, 4.69) is 29.4 Å². The largest absolute Gasteiger partial charge is 0.342 e. The van der Waals surface area contributed by atoms with Gasteiger partial charge in [-0.1, -0.05) is 13.8 Å². The summed E-state index contributed by atoms with van der Waals surface area (Å²) >= 11 is 0. The third kappa shape index (κ3) is 3.00. The van der Waals surface area contributed by atoms with Gasteiger partial charge in [-0.15, -0.1) is 0 Å². The number of aromatic nitrogens is 3. The summed E-state index contributed by atoms with van der Waals surface area (Å²) in [6.45, 7) is 4.23. The minimum atomic E-state index is -0.185. The Hall–Kier alpha value is -2.04. The van der Waals surface area contributed by atoms with E-state index in [0.29, 0.717) is 11.6 Å². The molecule has 5 nitrogen and oxygen atoms in total. The summed E-state index contributed by atoms with van der Waals surface area (Å²) in [6.07, 6.45) is 7.91. The van der Waals surface area contributed by atoms with Crippen molar-refractivity contribution in [3.63, 3.8) is 0 Å². The van der Waals surface area contributed by atoms with Crippen molar-refractivity contribution in [2.24, 2.45) is 5.92 Å². The predicted octanol–water partition coefficient (Wildman–Crippen LogP) is 2.44. The number of nitrogens with zero attached hydrogens (tertiary/aromatic N) is 2. The molecule has 0 spiro atoms. The third-order valence-corrected chi connectivity index (χ3v) is 2.75. The highest BCUT2D eigenvalue weighted by molar-refractivity contribution is 5.93. The Kier molecular flexibility index (Phi) is 3.82. The number of nitrogens with one attached hydrogen (secondary N) is 2. The Morgan fingerprint density at radius 1 is 1.44 bits per heavy atom. The lowest BCUT2D eigenvalue weighted by Gasteiger charge is -2.20. The fourth-order valence-electron chi connectivity index (χ4n) is 1.91. The molecule has 0 aliphatic heterocycles. The van der Waals surface area contributed by atoms with E-state index in [1.54, 1.807) is 12.4 Å². The topological polar surface area (TPSA) is 62.7 Å². The van der Waals surface area contributed by atoms with Crippen LogP contribution in [0.15, 0.2) is 36.9 Å². The molecule has 1 atom stereocenters. The third-order valence-electron chi connectivity index (χ3n) is 2.75. The minimum absolute atomic E-state index is 0.0127. The van der Waals surface area contributed by atoms with Gasteiger partial charge in [-0.25, -0.2) is 0 Å². The van der Waals surface area contributed by atoms with Crippen molar-refractivity contribution < 1.29 is 4.79 Å². The second-order valence-electron chi connectivity index (χ2n) is 4.75. The molecule has 2 rings (SSSR count). The molecule has 0 saturated heterocycles. The van der Waals surface area contributed by atoms with Crippen LogP contribution in [0.2, 0.25) is 0 Å². The van der Waals surface area contributed by atoms with E-state index in [0.717, 1.165) is 6.42 Å². The molecule has 2 heterocycles. The number of H-pyrrole nitrogens is 1. The van der Waals surface area contributed by atoms with Gasteiger partial charge in [0.15, 0.2) is 0 Å². The quantitative estimate of drug-likeness (QED) is 0.851. The van der Waals surface area contributed by atoms with E-state index >= 15 is 0 Å². The highest BCUT2D eigenvalue weighted by atomic mass is 16.2. The second-order valence-corrected chi connectivity index (χ2v) is 4.75. The molecular weight excluding hydrogens is 228 g/mol. The number of carbonyl (C=O) groups excluding carboxylic acids is 1. The van der Waals surface area contributed by atoms with Gasteiger partial charge in [0.05, 0.1) is 11.9 Å². The fourth-order valence-corrected chi connectivity index (χ4v) is 1.91. The van der Waals surface area contributed by atoms with Crippen LogP contribution >= 0.6 is 0 Å². The van der Waals surface area contributed by atoms with E-state index in [1.807, 2.05) is 29.1 Å². The lowest BCUT2D eigenvalue weighted by molar-refractivity contribution is -0.119. The molecule has 0 aliphatic rings. The van der Waals surface area contributed by atoms with Gasteiger partial charge in [0.2, 0.25) is 5.91 Å². The Labute approximate surface area is 106 Å². The first kappa shape index (κ1) is 12.4. The maximum absolute atomic E-state index is 12.3. The first-order chi connectivity index (χ1) is 8.66. The van der Waals surface area contributed by atoms with Crippen LogP contribution in [-0.4, -0.2) is 20.7 Å². The number of amides is 1. The normalized spacial score (nSPS) is 12.6. The van der Waals surface area contributed by atoms with Crippen LogP contribution in [0, 0.1) is 5.92 Å². The maximum Gasteiger partial charge on any atom is 0.247 e. The number of rotatable bonds is 5. The van der Waals surface area contributed by atoms with Gasteiger partial charge in [-0.3, -0.25) is 9.89 Å². The zero-order valence-corrected chi connectivity index (χ0v) is 10.6. The van der Waals surface area contributed by atoms with E-state index in [4.69, 9.17) is 0 Å². The molecular formula is C13H18N4O. The molecule has 0 bridgehead atoms. The molecule has 0 aliphatic carbocycles. The van der Waals surface area contributed by atoms with Crippen LogP contribution < -0.4 is 5.32 Å². The van der Waals surface area contributed by atoms with Crippen molar-refractivity contribution in [3.8, 4) is 0 Å². The van der Waals surface area contributed by atoms with Crippen LogP contribution in [-0.2, 0) is 4.79 Å². The molecule has 0 aromatic carbocycles. The zero-order chi connectivity index (χ0) is 13.0. The first-order valence-electron chi connectivity index (χ1n) is 6.09. The smallest absolute Gasteiger partial charge is 0.247 e. The lowest BCUT2D eigenvalue weighted by Crippen LogP contribution is -2.26. The van der Waals surface area contributed by atoms with E-state index in [-0.39, 0.29) is 11.9 Å². The highest BCUT2D eigenvalue weighted by Crippen LogP contribution is 2.19. The van der Waals surface area contributed by atoms with Gasteiger partial charge in [-0.2, -0.15) is 5.10 Å². The Morgan fingerprint density at radius 3 is 2.72 bits per heavy atom. The Morgan fingerprint density at radius 2 is 2.17 bits per heavy atom. The Balaban J connectivity index is 2.11. The van der Waals surface area contributed by atoms with Gasteiger partial charge >= 0.3 is 0 Å². The lowest BCUT2D eigenvalue weighted by atomic mass is 10.0. The maximum atomic E-state index is 12.3. The fraction of sp³-hybridized carbons (Fsp3) is 0.385. The molecule has 18 heavy (non-hydrogen) atoms. The SMILES string of the molecule is CC(C)C[C@H](C(=O)Nc1cn[nH]c1)n1cccc1.